The first-order chi connectivity index (χ1) is 6.93. The lowest BCUT2D eigenvalue weighted by molar-refractivity contribution is 1.12. The third kappa shape index (κ3) is 1.03. The van der Waals surface area contributed by atoms with Crippen molar-refractivity contribution in [3.05, 3.63) is 42.7 Å². The Hall–Kier alpha value is -2.03. The van der Waals surface area contributed by atoms with Gasteiger partial charge in [-0.05, 0) is 18.2 Å². The molecule has 2 N–H and O–H groups in total. The highest BCUT2D eigenvalue weighted by Crippen LogP contribution is 2.21. The van der Waals surface area contributed by atoms with Crippen LogP contribution in [0.25, 0.3) is 22.2 Å². The Balaban J connectivity index is 2.23. The molecule has 0 aliphatic carbocycles. The van der Waals surface area contributed by atoms with Crippen LogP contribution in [0.3, 0.4) is 0 Å². The second-order valence-corrected chi connectivity index (χ2v) is 3.26. The molecule has 0 spiro atoms. The molecular weight excluding hydrogens is 174 g/mol. The summed E-state index contributed by atoms with van der Waals surface area (Å²) in [5, 5.41) is 8.09. The van der Waals surface area contributed by atoms with Crippen LogP contribution in [-0.4, -0.2) is 15.2 Å². The van der Waals surface area contributed by atoms with Gasteiger partial charge in [0, 0.05) is 22.8 Å². The van der Waals surface area contributed by atoms with E-state index in [4.69, 9.17) is 0 Å². The number of rotatable bonds is 1. The van der Waals surface area contributed by atoms with Crippen molar-refractivity contribution in [2.45, 2.75) is 0 Å². The molecule has 0 fully saturated rings. The number of hydrogen-bond donors (Lipinski definition) is 2. The summed E-state index contributed by atoms with van der Waals surface area (Å²) in [5.41, 5.74) is 3.37. The van der Waals surface area contributed by atoms with E-state index in [1.807, 2.05) is 18.5 Å². The normalized spacial score (nSPS) is 10.9. The highest BCUT2D eigenvalue weighted by molar-refractivity contribution is 5.83. The molecule has 1 aromatic carbocycles. The van der Waals surface area contributed by atoms with Gasteiger partial charge in [-0.3, -0.25) is 5.10 Å². The number of aromatic amines is 2. The summed E-state index contributed by atoms with van der Waals surface area (Å²) in [6, 6.07) is 10.3. The minimum absolute atomic E-state index is 1.07. The third-order valence-electron chi connectivity index (χ3n) is 2.35. The lowest BCUT2D eigenvalue weighted by Crippen LogP contribution is -1.76. The summed E-state index contributed by atoms with van der Waals surface area (Å²) in [4.78, 5) is 3.18. The van der Waals surface area contributed by atoms with Crippen molar-refractivity contribution in [3.63, 3.8) is 0 Å². The predicted molar refractivity (Wildman–Crippen MR) is 55.9 cm³/mol. The fourth-order valence-corrected chi connectivity index (χ4v) is 1.61. The molecule has 3 rings (SSSR count). The molecule has 68 valence electrons. The maximum Gasteiger partial charge on any atom is 0.0657 e. The molecule has 3 nitrogen and oxygen atoms in total. The largest absolute Gasteiger partial charge is 0.361 e. The van der Waals surface area contributed by atoms with Gasteiger partial charge in [0.25, 0.3) is 0 Å². The Morgan fingerprint density at radius 1 is 1.14 bits per heavy atom. The number of nitrogens with one attached hydrogen (secondary N) is 2. The van der Waals surface area contributed by atoms with E-state index >= 15 is 0 Å². The minimum atomic E-state index is 1.07. The topological polar surface area (TPSA) is 44.5 Å². The van der Waals surface area contributed by atoms with E-state index in [-0.39, 0.29) is 0 Å². The molecule has 0 saturated heterocycles. The number of hydrogen-bond acceptors (Lipinski definition) is 1. The highest BCUT2D eigenvalue weighted by Gasteiger charge is 2.00. The lowest BCUT2D eigenvalue weighted by Gasteiger charge is -1.97. The monoisotopic (exact) mass is 183 g/mol. The predicted octanol–water partition coefficient (Wildman–Crippen LogP) is 2.56. The van der Waals surface area contributed by atoms with E-state index < -0.39 is 0 Å². The fourth-order valence-electron chi connectivity index (χ4n) is 1.61. The molecule has 0 radical (unpaired) electrons. The molecule has 0 amide bonds. The Morgan fingerprint density at radius 2 is 2.14 bits per heavy atom. The number of nitrogens with zero attached hydrogens (tertiary/aromatic N) is 1. The van der Waals surface area contributed by atoms with Crippen molar-refractivity contribution in [2.24, 2.45) is 0 Å². The summed E-state index contributed by atoms with van der Waals surface area (Å²) in [6.07, 6.45) is 3.75. The standard InChI is InChI=1S/C11H9N3/c1-2-10(12-5-1)8-3-4-9-7-13-14-11(9)6-8/h1-7,12H,(H,13,14). The Bertz CT molecular complexity index is 549. The van der Waals surface area contributed by atoms with E-state index in [9.17, 15) is 0 Å². The van der Waals surface area contributed by atoms with Crippen LogP contribution in [0.15, 0.2) is 42.7 Å². The van der Waals surface area contributed by atoms with Crippen LogP contribution in [-0.2, 0) is 0 Å². The second-order valence-electron chi connectivity index (χ2n) is 3.26. The van der Waals surface area contributed by atoms with E-state index in [0.29, 0.717) is 0 Å². The van der Waals surface area contributed by atoms with Crippen molar-refractivity contribution in [3.8, 4) is 11.3 Å². The molecule has 3 aromatic rings. The van der Waals surface area contributed by atoms with Crippen LogP contribution in [0.1, 0.15) is 0 Å². The van der Waals surface area contributed by atoms with Gasteiger partial charge in [0.05, 0.1) is 11.7 Å². The van der Waals surface area contributed by atoms with Crippen molar-refractivity contribution < 1.29 is 0 Å². The average molecular weight is 183 g/mol. The maximum atomic E-state index is 3.99. The molecule has 0 aliphatic heterocycles. The van der Waals surface area contributed by atoms with E-state index in [1.54, 1.807) is 0 Å². The van der Waals surface area contributed by atoms with Gasteiger partial charge in [-0.25, -0.2) is 0 Å². The zero-order chi connectivity index (χ0) is 9.38. The minimum Gasteiger partial charge on any atom is -0.361 e. The summed E-state index contributed by atoms with van der Waals surface area (Å²) < 4.78 is 0. The summed E-state index contributed by atoms with van der Waals surface area (Å²) in [6.45, 7) is 0. The van der Waals surface area contributed by atoms with Crippen molar-refractivity contribution in [1.82, 2.24) is 15.2 Å². The maximum absolute atomic E-state index is 3.99. The van der Waals surface area contributed by atoms with Gasteiger partial charge in [-0.1, -0.05) is 12.1 Å². The molecule has 2 heterocycles. The van der Waals surface area contributed by atoms with E-state index in [0.717, 1.165) is 16.6 Å². The Morgan fingerprint density at radius 3 is 3.00 bits per heavy atom. The zero-order valence-corrected chi connectivity index (χ0v) is 7.49. The fraction of sp³-hybridized carbons (Fsp3) is 0. The molecule has 3 heteroatoms. The zero-order valence-electron chi connectivity index (χ0n) is 7.49. The first-order valence-electron chi connectivity index (χ1n) is 4.50. The van der Waals surface area contributed by atoms with Crippen LogP contribution in [0.2, 0.25) is 0 Å². The summed E-state index contributed by atoms with van der Waals surface area (Å²) >= 11 is 0. The molecule has 0 aliphatic rings. The van der Waals surface area contributed by atoms with Crippen LogP contribution in [0.5, 0.6) is 0 Å². The highest BCUT2D eigenvalue weighted by atomic mass is 15.1. The van der Waals surface area contributed by atoms with Crippen molar-refractivity contribution in [2.75, 3.05) is 0 Å². The molecule has 0 saturated carbocycles. The summed E-state index contributed by atoms with van der Waals surface area (Å²) in [5.74, 6) is 0. The second kappa shape index (κ2) is 2.73. The lowest BCUT2D eigenvalue weighted by atomic mass is 10.1. The Kier molecular flexibility index (Phi) is 1.44. The number of fused-ring (bicyclic) bond motifs is 1. The van der Waals surface area contributed by atoms with Gasteiger partial charge in [0.2, 0.25) is 0 Å². The van der Waals surface area contributed by atoms with Gasteiger partial charge < -0.3 is 4.98 Å². The van der Waals surface area contributed by atoms with E-state index in [2.05, 4.69) is 39.4 Å². The summed E-state index contributed by atoms with van der Waals surface area (Å²) in [7, 11) is 0. The van der Waals surface area contributed by atoms with E-state index in [1.165, 1.54) is 5.56 Å². The molecule has 2 aromatic heterocycles. The molecule has 0 bridgehead atoms. The molecule has 14 heavy (non-hydrogen) atoms. The van der Waals surface area contributed by atoms with Gasteiger partial charge in [-0.2, -0.15) is 5.10 Å². The van der Waals surface area contributed by atoms with Gasteiger partial charge in [0.15, 0.2) is 0 Å². The van der Waals surface area contributed by atoms with Gasteiger partial charge in [0.1, 0.15) is 0 Å². The third-order valence-corrected chi connectivity index (χ3v) is 2.35. The van der Waals surface area contributed by atoms with Crippen LogP contribution < -0.4 is 0 Å². The van der Waals surface area contributed by atoms with Crippen molar-refractivity contribution in [1.29, 1.82) is 0 Å². The molecule has 0 unspecified atom stereocenters. The first kappa shape index (κ1) is 7.38. The molecular formula is C11H9N3. The number of H-pyrrole nitrogens is 2. The number of aromatic nitrogens is 3. The van der Waals surface area contributed by atoms with Gasteiger partial charge in [-0.15, -0.1) is 0 Å². The van der Waals surface area contributed by atoms with Gasteiger partial charge >= 0.3 is 0 Å². The molecule has 0 atom stereocenters. The van der Waals surface area contributed by atoms with Crippen LogP contribution >= 0.6 is 0 Å². The quantitative estimate of drug-likeness (QED) is 0.598. The SMILES string of the molecule is c1c[nH]c(-c2ccc3cn[nH]c3c2)c1. The first-order valence-corrected chi connectivity index (χ1v) is 4.50. The average Bonchev–Trinajstić information content (AvgIpc) is 2.88. The van der Waals surface area contributed by atoms with Crippen LogP contribution in [0, 0.1) is 0 Å². The Labute approximate surface area is 80.8 Å². The van der Waals surface area contributed by atoms with Crippen molar-refractivity contribution >= 4 is 10.9 Å². The number of benzene rings is 1. The van der Waals surface area contributed by atoms with Crippen LogP contribution in [0.4, 0.5) is 0 Å². The smallest absolute Gasteiger partial charge is 0.0657 e.